The van der Waals surface area contributed by atoms with Crippen molar-refractivity contribution in [2.75, 3.05) is 0 Å². The molecular weight excluding hydrogens is 162 g/mol. The van der Waals surface area contributed by atoms with Gasteiger partial charge in [0.15, 0.2) is 0 Å². The van der Waals surface area contributed by atoms with Gasteiger partial charge in [-0.2, -0.15) is 8.78 Å². The molecule has 0 saturated heterocycles. The van der Waals surface area contributed by atoms with E-state index in [2.05, 4.69) is 11.7 Å². The van der Waals surface area contributed by atoms with E-state index in [1.165, 1.54) is 5.57 Å². The van der Waals surface area contributed by atoms with Crippen LogP contribution in [-0.2, 0) is 4.74 Å². The SMILES string of the molecule is CCC1=CC=C(OC(F)F)CC1. The molecule has 0 aromatic heterocycles. The molecule has 1 nitrogen and oxygen atoms in total. The number of ether oxygens (including phenoxy) is 1. The minimum absolute atomic E-state index is 0.391. The van der Waals surface area contributed by atoms with Crippen LogP contribution in [0.1, 0.15) is 26.2 Å². The van der Waals surface area contributed by atoms with Gasteiger partial charge in [0, 0.05) is 6.42 Å². The van der Waals surface area contributed by atoms with Crippen LogP contribution in [0.15, 0.2) is 23.5 Å². The molecule has 0 atom stereocenters. The second-order valence-electron chi connectivity index (χ2n) is 2.69. The normalized spacial score (nSPS) is 17.3. The summed E-state index contributed by atoms with van der Waals surface area (Å²) in [4.78, 5) is 0. The Morgan fingerprint density at radius 3 is 2.58 bits per heavy atom. The molecule has 0 aliphatic heterocycles. The molecule has 0 radical (unpaired) electrons. The second-order valence-corrected chi connectivity index (χ2v) is 2.69. The van der Waals surface area contributed by atoms with Crippen molar-refractivity contribution >= 4 is 0 Å². The lowest BCUT2D eigenvalue weighted by Gasteiger charge is -2.13. The van der Waals surface area contributed by atoms with E-state index in [-0.39, 0.29) is 0 Å². The lowest BCUT2D eigenvalue weighted by atomic mass is 10.0. The number of allylic oxidation sites excluding steroid dienone is 4. The summed E-state index contributed by atoms with van der Waals surface area (Å²) >= 11 is 0. The summed E-state index contributed by atoms with van der Waals surface area (Å²) in [6, 6.07) is 0. The molecule has 1 rings (SSSR count). The van der Waals surface area contributed by atoms with Gasteiger partial charge in [-0.25, -0.2) is 0 Å². The van der Waals surface area contributed by atoms with E-state index in [1.54, 1.807) is 6.08 Å². The van der Waals surface area contributed by atoms with E-state index in [1.807, 2.05) is 6.08 Å². The van der Waals surface area contributed by atoms with Crippen LogP contribution in [0.3, 0.4) is 0 Å². The Hall–Kier alpha value is -0.860. The van der Waals surface area contributed by atoms with Crippen molar-refractivity contribution in [1.82, 2.24) is 0 Å². The largest absolute Gasteiger partial charge is 0.439 e. The third-order valence-electron chi connectivity index (χ3n) is 1.89. The van der Waals surface area contributed by atoms with Gasteiger partial charge >= 0.3 is 6.61 Å². The first-order chi connectivity index (χ1) is 5.72. The van der Waals surface area contributed by atoms with Gasteiger partial charge in [0.05, 0.1) is 0 Å². The number of halogens is 2. The Balaban J connectivity index is 2.48. The van der Waals surface area contributed by atoms with Gasteiger partial charge in [0.1, 0.15) is 5.76 Å². The number of rotatable bonds is 3. The zero-order chi connectivity index (χ0) is 8.97. The second kappa shape index (κ2) is 4.24. The van der Waals surface area contributed by atoms with Crippen LogP contribution in [0.5, 0.6) is 0 Å². The van der Waals surface area contributed by atoms with Crippen molar-refractivity contribution in [2.24, 2.45) is 0 Å². The summed E-state index contributed by atoms with van der Waals surface area (Å²) in [5, 5.41) is 0. The molecule has 12 heavy (non-hydrogen) atoms. The Kier molecular flexibility index (Phi) is 3.26. The smallest absolute Gasteiger partial charge is 0.387 e. The van der Waals surface area contributed by atoms with Crippen molar-refractivity contribution in [2.45, 2.75) is 32.8 Å². The van der Waals surface area contributed by atoms with Gasteiger partial charge in [0.25, 0.3) is 0 Å². The highest BCUT2D eigenvalue weighted by Crippen LogP contribution is 2.22. The van der Waals surface area contributed by atoms with E-state index >= 15 is 0 Å². The molecule has 0 spiro atoms. The predicted molar refractivity (Wildman–Crippen MR) is 42.8 cm³/mol. The maximum atomic E-state index is 11.7. The lowest BCUT2D eigenvalue weighted by molar-refractivity contribution is -0.0985. The highest BCUT2D eigenvalue weighted by Gasteiger charge is 2.10. The van der Waals surface area contributed by atoms with Gasteiger partial charge in [-0.1, -0.05) is 18.6 Å². The molecule has 0 aromatic carbocycles. The zero-order valence-electron chi connectivity index (χ0n) is 7.02. The molecule has 0 aromatic rings. The summed E-state index contributed by atoms with van der Waals surface area (Å²) in [5.74, 6) is 0.391. The number of hydrogen-bond acceptors (Lipinski definition) is 1. The molecule has 0 fully saturated rings. The predicted octanol–water partition coefficient (Wildman–Crippen LogP) is 3.24. The summed E-state index contributed by atoms with van der Waals surface area (Å²) in [7, 11) is 0. The first-order valence-electron chi connectivity index (χ1n) is 4.05. The van der Waals surface area contributed by atoms with E-state index in [0.29, 0.717) is 12.2 Å². The summed E-state index contributed by atoms with van der Waals surface area (Å²) < 4.78 is 27.7. The molecule has 0 saturated carbocycles. The minimum Gasteiger partial charge on any atom is -0.439 e. The highest BCUT2D eigenvalue weighted by atomic mass is 19.3. The third kappa shape index (κ3) is 2.64. The Morgan fingerprint density at radius 2 is 2.17 bits per heavy atom. The minimum atomic E-state index is -2.69. The summed E-state index contributed by atoms with van der Waals surface area (Å²) in [5.41, 5.74) is 1.29. The number of alkyl halides is 2. The van der Waals surface area contributed by atoms with Crippen molar-refractivity contribution in [3.63, 3.8) is 0 Å². The molecule has 0 amide bonds. The maximum Gasteiger partial charge on any atom is 0.387 e. The van der Waals surface area contributed by atoms with Crippen molar-refractivity contribution in [1.29, 1.82) is 0 Å². The van der Waals surface area contributed by atoms with Crippen LogP contribution in [0.25, 0.3) is 0 Å². The molecular formula is C9H12F2O. The van der Waals surface area contributed by atoms with Crippen LogP contribution < -0.4 is 0 Å². The van der Waals surface area contributed by atoms with Gasteiger partial charge in [-0.15, -0.1) is 0 Å². The molecule has 0 heterocycles. The number of hydrogen-bond donors (Lipinski definition) is 0. The topological polar surface area (TPSA) is 9.23 Å². The molecule has 1 aliphatic rings. The zero-order valence-corrected chi connectivity index (χ0v) is 7.02. The molecule has 68 valence electrons. The van der Waals surface area contributed by atoms with Crippen LogP contribution in [0.2, 0.25) is 0 Å². The molecule has 3 heteroatoms. The quantitative estimate of drug-likeness (QED) is 0.638. The fraction of sp³-hybridized carbons (Fsp3) is 0.556. The lowest BCUT2D eigenvalue weighted by Crippen LogP contribution is -2.02. The van der Waals surface area contributed by atoms with Crippen molar-refractivity contribution in [3.8, 4) is 0 Å². The van der Waals surface area contributed by atoms with Gasteiger partial charge in [0.2, 0.25) is 0 Å². The summed E-state index contributed by atoms with van der Waals surface area (Å²) in [6.45, 7) is -0.633. The first kappa shape index (κ1) is 9.23. The first-order valence-corrected chi connectivity index (χ1v) is 4.05. The van der Waals surface area contributed by atoms with Crippen LogP contribution >= 0.6 is 0 Å². The average Bonchev–Trinajstić information content (AvgIpc) is 2.05. The van der Waals surface area contributed by atoms with Crippen molar-refractivity contribution < 1.29 is 13.5 Å². The van der Waals surface area contributed by atoms with E-state index in [4.69, 9.17) is 0 Å². The molecule has 0 unspecified atom stereocenters. The van der Waals surface area contributed by atoms with Crippen LogP contribution in [0, 0.1) is 0 Å². The third-order valence-corrected chi connectivity index (χ3v) is 1.89. The van der Waals surface area contributed by atoms with E-state index in [0.717, 1.165) is 12.8 Å². The maximum absolute atomic E-state index is 11.7. The fourth-order valence-corrected chi connectivity index (χ4v) is 1.17. The summed E-state index contributed by atoms with van der Waals surface area (Å²) in [6.07, 6.45) is 5.92. The highest BCUT2D eigenvalue weighted by molar-refractivity contribution is 5.20. The Bertz CT molecular complexity index is 207. The molecule has 0 N–H and O–H groups in total. The molecule has 1 aliphatic carbocycles. The van der Waals surface area contributed by atoms with Gasteiger partial charge in [-0.3, -0.25) is 0 Å². The van der Waals surface area contributed by atoms with E-state index in [9.17, 15) is 8.78 Å². The molecule has 0 bridgehead atoms. The standard InChI is InChI=1S/C9H12F2O/c1-2-7-3-5-8(6-4-7)12-9(10)11/h3,5,9H,2,4,6H2,1H3. The Labute approximate surface area is 70.7 Å². The van der Waals surface area contributed by atoms with Gasteiger partial charge < -0.3 is 4.74 Å². The van der Waals surface area contributed by atoms with Gasteiger partial charge in [-0.05, 0) is 18.9 Å². The monoisotopic (exact) mass is 174 g/mol. The average molecular weight is 174 g/mol. The fourth-order valence-electron chi connectivity index (χ4n) is 1.17. The van der Waals surface area contributed by atoms with Crippen molar-refractivity contribution in [3.05, 3.63) is 23.5 Å². The van der Waals surface area contributed by atoms with Crippen LogP contribution in [0.4, 0.5) is 8.78 Å². The van der Waals surface area contributed by atoms with E-state index < -0.39 is 6.61 Å². The Morgan fingerprint density at radius 1 is 1.42 bits per heavy atom. The van der Waals surface area contributed by atoms with Crippen LogP contribution in [-0.4, -0.2) is 6.61 Å².